The van der Waals surface area contributed by atoms with E-state index in [9.17, 15) is 4.39 Å². The Bertz CT molecular complexity index is 554. The van der Waals surface area contributed by atoms with Crippen LogP contribution >= 0.6 is 0 Å². The Morgan fingerprint density at radius 1 is 1.00 bits per heavy atom. The predicted molar refractivity (Wildman–Crippen MR) is 79.1 cm³/mol. The zero-order valence-corrected chi connectivity index (χ0v) is 11.9. The normalized spacial score (nSPS) is 10.8. The number of ether oxygens (including phenoxy) is 1. The van der Waals surface area contributed by atoms with Crippen molar-refractivity contribution in [2.45, 2.75) is 33.0 Å². The molecule has 0 aliphatic heterocycles. The third kappa shape index (κ3) is 4.07. The Morgan fingerprint density at radius 2 is 1.65 bits per heavy atom. The van der Waals surface area contributed by atoms with E-state index < -0.39 is 0 Å². The molecular weight excluding hydrogens is 253 g/mol. The molecule has 0 atom stereocenters. The first kappa shape index (κ1) is 14.5. The molecule has 106 valence electrons. The molecule has 1 N–H and O–H groups in total. The van der Waals surface area contributed by atoms with Crippen LogP contribution in [0.1, 0.15) is 25.0 Å². The van der Waals surface area contributed by atoms with E-state index in [2.05, 4.69) is 19.2 Å². The molecular formula is C17H20FNO. The lowest BCUT2D eigenvalue weighted by molar-refractivity contribution is 0.295. The second-order valence-corrected chi connectivity index (χ2v) is 5.02. The number of halogens is 1. The van der Waals surface area contributed by atoms with E-state index in [1.54, 1.807) is 12.1 Å². The van der Waals surface area contributed by atoms with Gasteiger partial charge in [0.05, 0.1) is 0 Å². The standard InChI is InChI=1S/C17H20FNO/c1-13(2)19-11-14-7-4-6-10-17(14)20-12-15-8-3-5-9-16(15)18/h3-10,13,19H,11-12H2,1-2H3. The lowest BCUT2D eigenvalue weighted by atomic mass is 10.2. The van der Waals surface area contributed by atoms with Gasteiger partial charge in [-0.05, 0) is 12.1 Å². The predicted octanol–water partition coefficient (Wildman–Crippen LogP) is 3.90. The summed E-state index contributed by atoms with van der Waals surface area (Å²) in [5.74, 6) is 0.564. The van der Waals surface area contributed by atoms with Crippen LogP contribution in [0.25, 0.3) is 0 Å². The van der Waals surface area contributed by atoms with Crippen LogP contribution in [0.4, 0.5) is 4.39 Å². The van der Waals surface area contributed by atoms with Crippen LogP contribution in [0.3, 0.4) is 0 Å². The van der Waals surface area contributed by atoms with E-state index in [-0.39, 0.29) is 12.4 Å². The van der Waals surface area contributed by atoms with Gasteiger partial charge < -0.3 is 10.1 Å². The molecule has 2 nitrogen and oxygen atoms in total. The molecule has 0 aliphatic carbocycles. The zero-order chi connectivity index (χ0) is 14.4. The van der Waals surface area contributed by atoms with Crippen LogP contribution in [0, 0.1) is 5.82 Å². The lowest BCUT2D eigenvalue weighted by Gasteiger charge is -2.14. The average molecular weight is 273 g/mol. The molecule has 0 fully saturated rings. The molecule has 20 heavy (non-hydrogen) atoms. The first-order valence-corrected chi connectivity index (χ1v) is 6.84. The summed E-state index contributed by atoms with van der Waals surface area (Å²) < 4.78 is 19.3. The monoisotopic (exact) mass is 273 g/mol. The van der Waals surface area contributed by atoms with Gasteiger partial charge in [0.1, 0.15) is 18.2 Å². The van der Waals surface area contributed by atoms with Crippen molar-refractivity contribution in [1.82, 2.24) is 5.32 Å². The average Bonchev–Trinajstić information content (AvgIpc) is 2.45. The Hall–Kier alpha value is -1.87. The molecule has 0 amide bonds. The minimum absolute atomic E-state index is 0.231. The fourth-order valence-corrected chi connectivity index (χ4v) is 1.88. The second kappa shape index (κ2) is 7.06. The molecule has 3 heteroatoms. The maximum absolute atomic E-state index is 13.6. The van der Waals surface area contributed by atoms with E-state index >= 15 is 0 Å². The molecule has 0 bridgehead atoms. The van der Waals surface area contributed by atoms with E-state index in [1.165, 1.54) is 6.07 Å². The van der Waals surface area contributed by atoms with E-state index in [0.717, 1.165) is 17.9 Å². The number of hydrogen-bond donors (Lipinski definition) is 1. The lowest BCUT2D eigenvalue weighted by Crippen LogP contribution is -2.22. The Morgan fingerprint density at radius 3 is 2.35 bits per heavy atom. The smallest absolute Gasteiger partial charge is 0.129 e. The van der Waals surface area contributed by atoms with Crippen LogP contribution in [-0.2, 0) is 13.2 Å². The minimum Gasteiger partial charge on any atom is -0.488 e. The summed E-state index contributed by atoms with van der Waals surface area (Å²) in [6.45, 7) is 5.18. The molecule has 2 rings (SSSR count). The van der Waals surface area contributed by atoms with Crippen LogP contribution in [0.2, 0.25) is 0 Å². The summed E-state index contributed by atoms with van der Waals surface area (Å²) in [4.78, 5) is 0. The van der Waals surface area contributed by atoms with Gasteiger partial charge in [-0.2, -0.15) is 0 Å². The van der Waals surface area contributed by atoms with Gasteiger partial charge in [0.15, 0.2) is 0 Å². The van der Waals surface area contributed by atoms with Crippen molar-refractivity contribution in [3.05, 3.63) is 65.5 Å². The SMILES string of the molecule is CC(C)NCc1ccccc1OCc1ccccc1F. The highest BCUT2D eigenvalue weighted by molar-refractivity contribution is 5.33. The van der Waals surface area contributed by atoms with Gasteiger partial charge in [-0.3, -0.25) is 0 Å². The number of benzene rings is 2. The van der Waals surface area contributed by atoms with Crippen molar-refractivity contribution >= 4 is 0 Å². The van der Waals surface area contributed by atoms with Crippen molar-refractivity contribution in [3.63, 3.8) is 0 Å². The second-order valence-electron chi connectivity index (χ2n) is 5.02. The summed E-state index contributed by atoms with van der Waals surface area (Å²) in [6.07, 6.45) is 0. The molecule has 0 saturated heterocycles. The number of hydrogen-bond acceptors (Lipinski definition) is 2. The summed E-state index contributed by atoms with van der Waals surface area (Å²) >= 11 is 0. The van der Waals surface area contributed by atoms with Crippen LogP contribution < -0.4 is 10.1 Å². The van der Waals surface area contributed by atoms with Crippen molar-refractivity contribution in [2.75, 3.05) is 0 Å². The maximum atomic E-state index is 13.6. The number of nitrogens with one attached hydrogen (secondary N) is 1. The highest BCUT2D eigenvalue weighted by Crippen LogP contribution is 2.20. The molecule has 0 aromatic heterocycles. The summed E-state index contributed by atoms with van der Waals surface area (Å²) in [5, 5.41) is 3.36. The Kier molecular flexibility index (Phi) is 5.13. The fraction of sp³-hybridized carbons (Fsp3) is 0.294. The van der Waals surface area contributed by atoms with E-state index in [1.807, 2.05) is 30.3 Å². The van der Waals surface area contributed by atoms with Crippen molar-refractivity contribution in [1.29, 1.82) is 0 Å². The third-order valence-electron chi connectivity index (χ3n) is 3.01. The van der Waals surface area contributed by atoms with Crippen molar-refractivity contribution < 1.29 is 9.13 Å². The molecule has 0 heterocycles. The van der Waals surface area contributed by atoms with E-state index in [4.69, 9.17) is 4.74 Å². The topological polar surface area (TPSA) is 21.3 Å². The van der Waals surface area contributed by atoms with Gasteiger partial charge >= 0.3 is 0 Å². The van der Waals surface area contributed by atoms with Gasteiger partial charge in [0.25, 0.3) is 0 Å². The fourth-order valence-electron chi connectivity index (χ4n) is 1.88. The highest BCUT2D eigenvalue weighted by atomic mass is 19.1. The van der Waals surface area contributed by atoms with Crippen molar-refractivity contribution in [3.8, 4) is 5.75 Å². The van der Waals surface area contributed by atoms with Gasteiger partial charge in [-0.15, -0.1) is 0 Å². The molecule has 0 unspecified atom stereocenters. The van der Waals surface area contributed by atoms with Crippen LogP contribution in [0.15, 0.2) is 48.5 Å². The number of para-hydroxylation sites is 1. The van der Waals surface area contributed by atoms with Crippen LogP contribution in [-0.4, -0.2) is 6.04 Å². The summed E-state index contributed by atoms with van der Waals surface area (Å²) in [5.41, 5.74) is 1.65. The first-order chi connectivity index (χ1) is 9.66. The minimum atomic E-state index is -0.231. The molecule has 2 aromatic rings. The molecule has 0 aliphatic rings. The quantitative estimate of drug-likeness (QED) is 0.861. The molecule has 0 radical (unpaired) electrons. The number of rotatable bonds is 6. The van der Waals surface area contributed by atoms with Crippen LogP contribution in [0.5, 0.6) is 5.75 Å². The highest BCUT2D eigenvalue weighted by Gasteiger charge is 2.06. The largest absolute Gasteiger partial charge is 0.488 e. The molecule has 0 saturated carbocycles. The summed E-state index contributed by atoms with van der Waals surface area (Å²) in [6, 6.07) is 14.9. The molecule has 2 aromatic carbocycles. The zero-order valence-electron chi connectivity index (χ0n) is 11.9. The first-order valence-electron chi connectivity index (χ1n) is 6.84. The van der Waals surface area contributed by atoms with Gasteiger partial charge in [-0.1, -0.05) is 50.2 Å². The third-order valence-corrected chi connectivity index (χ3v) is 3.01. The Balaban J connectivity index is 2.04. The Labute approximate surface area is 119 Å². The van der Waals surface area contributed by atoms with E-state index in [0.29, 0.717) is 11.6 Å². The van der Waals surface area contributed by atoms with Gasteiger partial charge in [0.2, 0.25) is 0 Å². The maximum Gasteiger partial charge on any atom is 0.129 e. The summed E-state index contributed by atoms with van der Waals surface area (Å²) in [7, 11) is 0. The molecule has 0 spiro atoms. The van der Waals surface area contributed by atoms with Gasteiger partial charge in [0, 0.05) is 23.7 Å². The van der Waals surface area contributed by atoms with Crippen molar-refractivity contribution in [2.24, 2.45) is 0 Å². The van der Waals surface area contributed by atoms with Gasteiger partial charge in [-0.25, -0.2) is 4.39 Å².